The first kappa shape index (κ1) is 42.4. The van der Waals surface area contributed by atoms with E-state index in [1.165, 1.54) is 16.5 Å². The fourth-order valence-corrected chi connectivity index (χ4v) is 10.4. The molecule has 5 aliphatic rings. The molecule has 0 bridgehead atoms. The number of hydrogen-bond donors (Lipinski definition) is 4. The molecule has 0 radical (unpaired) electrons. The smallest absolute Gasteiger partial charge is 0.268 e. The number of piperidine rings is 2. The maximum Gasteiger partial charge on any atom is 0.268 e. The van der Waals surface area contributed by atoms with Gasteiger partial charge in [0.15, 0.2) is 5.82 Å². The van der Waals surface area contributed by atoms with E-state index in [0.29, 0.717) is 28.6 Å². The summed E-state index contributed by atoms with van der Waals surface area (Å²) >= 11 is 6.69. The largest absolute Gasteiger partial charge is 0.375 e. The minimum absolute atomic E-state index is 0.0134. The molecule has 0 spiro atoms. The number of halogens is 3. The summed E-state index contributed by atoms with van der Waals surface area (Å²) in [7, 11) is 4.00. The third-order valence-corrected chi connectivity index (χ3v) is 14.3. The topological polar surface area (TPSA) is 98.2 Å². The van der Waals surface area contributed by atoms with Crippen molar-refractivity contribution in [2.75, 3.05) is 48.3 Å². The van der Waals surface area contributed by atoms with Gasteiger partial charge < -0.3 is 31.1 Å². The van der Waals surface area contributed by atoms with Crippen LogP contribution in [0.5, 0.6) is 0 Å². The highest BCUT2D eigenvalue weighted by Crippen LogP contribution is 2.49. The molecule has 1 aliphatic carbocycles. The Morgan fingerprint density at radius 2 is 1.81 bits per heavy atom. The lowest BCUT2D eigenvalue weighted by Crippen LogP contribution is -2.45. The normalized spacial score (nSPS) is 22.3. The lowest BCUT2D eigenvalue weighted by molar-refractivity contribution is -0.0441. The van der Waals surface area contributed by atoms with Crippen molar-refractivity contribution in [3.05, 3.63) is 107 Å². The third kappa shape index (κ3) is 8.44. The number of aromatic nitrogens is 4. The summed E-state index contributed by atoms with van der Waals surface area (Å²) in [6.45, 7) is 18.6. The molecule has 2 aromatic heterocycles. The molecule has 13 heteroatoms. The highest BCUT2D eigenvalue weighted by atomic mass is 35.5. The molecule has 2 aromatic carbocycles. The maximum atomic E-state index is 15.4. The number of nitrogens with zero attached hydrogens (tertiary/aromatic N) is 6. The maximum absolute atomic E-state index is 15.4. The van der Waals surface area contributed by atoms with Crippen LogP contribution in [0.25, 0.3) is 16.6 Å². The summed E-state index contributed by atoms with van der Waals surface area (Å²) in [5.74, 6) is -0.387. The Morgan fingerprint density at radius 3 is 2.56 bits per heavy atom. The van der Waals surface area contributed by atoms with Crippen molar-refractivity contribution in [3.8, 4) is 0 Å². The summed E-state index contributed by atoms with van der Waals surface area (Å²) in [6.07, 6.45) is 10.8. The van der Waals surface area contributed by atoms with Gasteiger partial charge in [-0.2, -0.15) is 10.1 Å². The monoisotopic (exact) mass is 862 g/mol. The van der Waals surface area contributed by atoms with Gasteiger partial charge in [0.05, 0.1) is 29.1 Å². The zero-order chi connectivity index (χ0) is 43.3. The molecule has 4 aromatic rings. The van der Waals surface area contributed by atoms with E-state index in [4.69, 9.17) is 21.7 Å². The van der Waals surface area contributed by atoms with Gasteiger partial charge in [-0.25, -0.2) is 13.8 Å². The standard InChI is InChI=1S/C49H61ClF2N10/c1-7-8-33(35-12-15-39-43(25-35)61(6)59-45(39)37-14-9-29(2)55-30(37)3)18-22-53-27-32-19-23-62(24-20-32)48-54-28-41(50)47(58-48)56-36-13-16-42-40(26-36)44-38(31(4)60(42)5)17-21-49(51,52)46(57-44)34-10-11-34/h12-13,15-16,25-26,28,32-34,37,46,53,55,57H,2-4,7-11,14,17-24,27H2,1,5-6H3,(H,54,56,58). The second-order valence-corrected chi connectivity index (χ2v) is 18.7. The number of aryl methyl sites for hydroxylation is 1. The number of allylic oxidation sites excluding steroid dienone is 3. The van der Waals surface area contributed by atoms with E-state index in [2.05, 4.69) is 83.1 Å². The first-order chi connectivity index (χ1) is 29.9. The molecule has 3 atom stereocenters. The molecule has 2 saturated heterocycles. The molecule has 3 fully saturated rings. The Balaban J connectivity index is 0.800. The van der Waals surface area contributed by atoms with Crippen LogP contribution in [0.1, 0.15) is 106 Å². The zero-order valence-corrected chi connectivity index (χ0v) is 37.2. The Labute approximate surface area is 370 Å². The Morgan fingerprint density at radius 1 is 1.00 bits per heavy atom. The summed E-state index contributed by atoms with van der Waals surface area (Å²) in [5.41, 5.74) is 10.6. The van der Waals surface area contributed by atoms with Crippen LogP contribution in [-0.2, 0) is 7.05 Å². The van der Waals surface area contributed by atoms with Gasteiger partial charge in [0.2, 0.25) is 5.95 Å². The zero-order valence-electron chi connectivity index (χ0n) is 36.5. The summed E-state index contributed by atoms with van der Waals surface area (Å²) in [4.78, 5) is 13.8. The summed E-state index contributed by atoms with van der Waals surface area (Å²) in [5, 5.41) is 20.5. The number of benzene rings is 2. The van der Waals surface area contributed by atoms with E-state index in [9.17, 15) is 0 Å². The van der Waals surface area contributed by atoms with Crippen LogP contribution in [0.4, 0.5) is 31.9 Å². The minimum atomic E-state index is -2.79. The summed E-state index contributed by atoms with van der Waals surface area (Å²) in [6, 6.07) is 12.1. The van der Waals surface area contributed by atoms with Gasteiger partial charge in [0.25, 0.3) is 5.92 Å². The number of fused-ring (bicyclic) bond motifs is 3. The van der Waals surface area contributed by atoms with Gasteiger partial charge in [-0.15, -0.1) is 0 Å². The number of anilines is 4. The van der Waals surface area contributed by atoms with Gasteiger partial charge in [-0.1, -0.05) is 56.8 Å². The van der Waals surface area contributed by atoms with Crippen LogP contribution >= 0.6 is 11.6 Å². The predicted octanol–water partition coefficient (Wildman–Crippen LogP) is 10.5. The van der Waals surface area contributed by atoms with Crippen molar-refractivity contribution < 1.29 is 8.78 Å². The average molecular weight is 864 g/mol. The van der Waals surface area contributed by atoms with E-state index < -0.39 is 12.0 Å². The van der Waals surface area contributed by atoms with E-state index in [1.807, 2.05) is 34.8 Å². The van der Waals surface area contributed by atoms with Crippen LogP contribution in [0.2, 0.25) is 5.02 Å². The Bertz CT molecular complexity index is 2410. The average Bonchev–Trinajstić information content (AvgIpc) is 4.06. The highest BCUT2D eigenvalue weighted by molar-refractivity contribution is 6.32. The molecule has 0 amide bonds. The molecular weight excluding hydrogens is 802 g/mol. The molecular formula is C49H61ClF2N10. The van der Waals surface area contributed by atoms with Crippen molar-refractivity contribution in [1.29, 1.82) is 0 Å². The first-order valence-corrected chi connectivity index (χ1v) is 23.1. The highest BCUT2D eigenvalue weighted by Gasteiger charge is 2.50. The second-order valence-electron chi connectivity index (χ2n) is 18.3. The van der Waals surface area contributed by atoms with E-state index in [-0.39, 0.29) is 24.7 Å². The van der Waals surface area contributed by atoms with Gasteiger partial charge in [0.1, 0.15) is 5.02 Å². The Hall–Kier alpha value is -4.94. The number of rotatable bonds is 13. The molecule has 1 saturated carbocycles. The number of nitrogens with one attached hydrogen (secondary N) is 4. The van der Waals surface area contributed by atoms with Crippen LogP contribution in [0.3, 0.4) is 0 Å². The van der Waals surface area contributed by atoms with Crippen molar-refractivity contribution in [3.63, 3.8) is 0 Å². The fraction of sp³-hybridized carbons (Fsp3) is 0.490. The van der Waals surface area contributed by atoms with E-state index in [0.717, 1.165) is 135 Å². The molecule has 6 heterocycles. The number of hydrogen-bond acceptors (Lipinski definition) is 9. The summed E-state index contributed by atoms with van der Waals surface area (Å²) < 4.78 is 32.8. The molecule has 4 N–H and O–H groups in total. The molecule has 9 rings (SSSR count). The molecule has 3 unspecified atom stereocenters. The van der Waals surface area contributed by atoms with Crippen molar-refractivity contribution in [2.45, 2.75) is 101 Å². The van der Waals surface area contributed by atoms with Gasteiger partial charge in [0, 0.05) is 78.9 Å². The molecule has 4 aliphatic heterocycles. The first-order valence-electron chi connectivity index (χ1n) is 22.7. The fourth-order valence-electron chi connectivity index (χ4n) is 10.3. The SMILES string of the molecule is C=C1CCC(c2nn(C)c3cc(C(CCC)CCNCC4CCN(c5ncc(Cl)c(Nc6ccc7c(c6)C6=C(CCC(F)(F)C(C8CC8)N6)C(=C)N7C)n5)CC4)ccc23)C(=C)N1. The predicted molar refractivity (Wildman–Crippen MR) is 249 cm³/mol. The molecule has 62 heavy (non-hydrogen) atoms. The van der Waals surface area contributed by atoms with Crippen LogP contribution in [-0.4, -0.2) is 64.9 Å². The molecule has 10 nitrogen and oxygen atoms in total. The second kappa shape index (κ2) is 17.3. The van der Waals surface area contributed by atoms with Gasteiger partial charge in [-0.05, 0) is 124 Å². The van der Waals surface area contributed by atoms with Gasteiger partial charge >= 0.3 is 0 Å². The quantitative estimate of drug-likeness (QED) is 0.0980. The van der Waals surface area contributed by atoms with Gasteiger partial charge in [-0.3, -0.25) is 4.68 Å². The molecule has 328 valence electrons. The number of likely N-dealkylation sites (N-methyl/N-ethyl adjacent to an activating group) is 1. The number of alkyl halides is 2. The lowest BCUT2D eigenvalue weighted by Gasteiger charge is -2.34. The van der Waals surface area contributed by atoms with Crippen molar-refractivity contribution in [2.24, 2.45) is 18.9 Å². The lowest BCUT2D eigenvalue weighted by atomic mass is 9.88. The Kier molecular flexibility index (Phi) is 11.8. The van der Waals surface area contributed by atoms with Crippen molar-refractivity contribution in [1.82, 2.24) is 35.7 Å². The van der Waals surface area contributed by atoms with Crippen LogP contribution in [0, 0.1) is 11.8 Å². The van der Waals surface area contributed by atoms with Crippen LogP contribution in [0.15, 0.2) is 85.0 Å². The minimum Gasteiger partial charge on any atom is -0.375 e. The third-order valence-electron chi connectivity index (χ3n) is 14.1. The van der Waals surface area contributed by atoms with Crippen molar-refractivity contribution >= 4 is 51.3 Å². The van der Waals surface area contributed by atoms with Crippen LogP contribution < -0.4 is 31.1 Å². The van der Waals surface area contributed by atoms with E-state index in [1.54, 1.807) is 6.20 Å². The van der Waals surface area contributed by atoms with E-state index >= 15 is 8.78 Å².